The van der Waals surface area contributed by atoms with Gasteiger partial charge in [0.1, 0.15) is 0 Å². The summed E-state index contributed by atoms with van der Waals surface area (Å²) in [7, 11) is 0. The summed E-state index contributed by atoms with van der Waals surface area (Å²) in [6.45, 7) is 8.85. The molecule has 2 rings (SSSR count). The minimum atomic E-state index is 0.174. The van der Waals surface area contributed by atoms with Crippen molar-refractivity contribution in [2.45, 2.75) is 32.4 Å². The predicted octanol–water partition coefficient (Wildman–Crippen LogP) is 3.63. The Morgan fingerprint density at radius 2 is 2.18 bits per heavy atom. The first-order valence-electron chi connectivity index (χ1n) is 5.86. The Morgan fingerprint density at radius 3 is 2.88 bits per heavy atom. The summed E-state index contributed by atoms with van der Waals surface area (Å²) < 4.78 is 2.46. The number of hydrogen-bond acceptors (Lipinski definition) is 2. The molecular formula is C13H18BrIN2. The second kappa shape index (κ2) is 5.05. The third-order valence-corrected chi connectivity index (χ3v) is 4.53. The zero-order valence-electron chi connectivity index (χ0n) is 10.4. The lowest BCUT2D eigenvalue weighted by Gasteiger charge is -2.45. The minimum absolute atomic E-state index is 0.174. The molecule has 0 aliphatic carbocycles. The second-order valence-electron chi connectivity index (χ2n) is 5.34. The number of nitrogens with one attached hydrogen (secondary N) is 1. The lowest BCUT2D eigenvalue weighted by molar-refractivity contribution is 0.318. The van der Waals surface area contributed by atoms with Crippen LogP contribution in [-0.2, 0) is 0 Å². The Morgan fingerprint density at radius 1 is 1.47 bits per heavy atom. The fourth-order valence-corrected chi connectivity index (χ4v) is 3.15. The highest BCUT2D eigenvalue weighted by Crippen LogP contribution is 2.31. The summed E-state index contributed by atoms with van der Waals surface area (Å²) in [4.78, 5) is 2.49. The van der Waals surface area contributed by atoms with Crippen molar-refractivity contribution in [3.05, 3.63) is 26.2 Å². The molecule has 0 aromatic heterocycles. The maximum absolute atomic E-state index is 3.67. The van der Waals surface area contributed by atoms with Crippen LogP contribution in [0.3, 0.4) is 0 Å². The second-order valence-corrected chi connectivity index (χ2v) is 7.44. The number of anilines is 1. The average molecular weight is 409 g/mol. The van der Waals surface area contributed by atoms with E-state index in [9.17, 15) is 0 Å². The number of piperazine rings is 1. The van der Waals surface area contributed by atoms with Crippen LogP contribution in [0.1, 0.15) is 20.8 Å². The van der Waals surface area contributed by atoms with Gasteiger partial charge in [-0.25, -0.2) is 0 Å². The lowest BCUT2D eigenvalue weighted by Crippen LogP contribution is -2.61. The van der Waals surface area contributed by atoms with Crippen molar-refractivity contribution in [1.29, 1.82) is 0 Å². The number of halogens is 2. The average Bonchev–Trinajstić information content (AvgIpc) is 2.25. The lowest BCUT2D eigenvalue weighted by atomic mass is 9.98. The summed E-state index contributed by atoms with van der Waals surface area (Å²) in [5.41, 5.74) is 1.48. The SMILES string of the molecule is CC1CNC(C)(C)CN1c1cc(I)ccc1Br. The molecule has 0 amide bonds. The molecule has 1 saturated heterocycles. The van der Waals surface area contributed by atoms with Gasteiger partial charge in [0, 0.05) is 32.7 Å². The highest BCUT2D eigenvalue weighted by Gasteiger charge is 2.31. The molecule has 4 heteroatoms. The van der Waals surface area contributed by atoms with Crippen molar-refractivity contribution in [2.75, 3.05) is 18.0 Å². The van der Waals surface area contributed by atoms with Gasteiger partial charge < -0.3 is 10.2 Å². The van der Waals surface area contributed by atoms with Gasteiger partial charge in [0.25, 0.3) is 0 Å². The van der Waals surface area contributed by atoms with Gasteiger partial charge in [-0.15, -0.1) is 0 Å². The van der Waals surface area contributed by atoms with E-state index < -0.39 is 0 Å². The van der Waals surface area contributed by atoms with E-state index in [4.69, 9.17) is 0 Å². The van der Waals surface area contributed by atoms with Gasteiger partial charge in [0.2, 0.25) is 0 Å². The van der Waals surface area contributed by atoms with Gasteiger partial charge in [0.15, 0.2) is 0 Å². The van der Waals surface area contributed by atoms with Gasteiger partial charge in [-0.05, 0) is 77.5 Å². The van der Waals surface area contributed by atoms with E-state index in [1.165, 1.54) is 13.7 Å². The first kappa shape index (κ1) is 13.6. The van der Waals surface area contributed by atoms with Crippen molar-refractivity contribution in [2.24, 2.45) is 0 Å². The molecule has 0 bridgehead atoms. The van der Waals surface area contributed by atoms with Crippen molar-refractivity contribution < 1.29 is 0 Å². The van der Waals surface area contributed by atoms with Gasteiger partial charge in [0.05, 0.1) is 5.69 Å². The van der Waals surface area contributed by atoms with Gasteiger partial charge in [-0.2, -0.15) is 0 Å². The molecule has 17 heavy (non-hydrogen) atoms. The van der Waals surface area contributed by atoms with Crippen LogP contribution in [0.4, 0.5) is 5.69 Å². The monoisotopic (exact) mass is 408 g/mol. The fraction of sp³-hybridized carbons (Fsp3) is 0.538. The maximum atomic E-state index is 3.67. The molecule has 0 saturated carbocycles. The summed E-state index contributed by atoms with van der Waals surface area (Å²) >= 11 is 6.04. The zero-order chi connectivity index (χ0) is 12.6. The normalized spacial score (nSPS) is 23.8. The standard InChI is InChI=1S/C13H18BrIN2/c1-9-7-16-13(2,3)8-17(9)12-6-10(15)4-5-11(12)14/h4-6,9,16H,7-8H2,1-3H3. The maximum Gasteiger partial charge on any atom is 0.0524 e. The molecule has 1 aliphatic heterocycles. The highest BCUT2D eigenvalue weighted by atomic mass is 127. The van der Waals surface area contributed by atoms with Gasteiger partial charge >= 0.3 is 0 Å². The highest BCUT2D eigenvalue weighted by molar-refractivity contribution is 14.1. The molecular weight excluding hydrogens is 391 g/mol. The fourth-order valence-electron chi connectivity index (χ4n) is 2.20. The van der Waals surface area contributed by atoms with Gasteiger partial charge in [-0.1, -0.05) is 0 Å². The van der Waals surface area contributed by atoms with E-state index in [0.717, 1.165) is 13.1 Å². The van der Waals surface area contributed by atoms with E-state index in [0.29, 0.717) is 6.04 Å². The Hall–Kier alpha value is 0.190. The van der Waals surface area contributed by atoms with Crippen LogP contribution in [0.5, 0.6) is 0 Å². The molecule has 1 unspecified atom stereocenters. The van der Waals surface area contributed by atoms with Crippen molar-refractivity contribution in [1.82, 2.24) is 5.32 Å². The smallest absolute Gasteiger partial charge is 0.0524 e. The molecule has 0 spiro atoms. The van der Waals surface area contributed by atoms with Crippen LogP contribution >= 0.6 is 38.5 Å². The van der Waals surface area contributed by atoms with E-state index in [-0.39, 0.29) is 5.54 Å². The van der Waals surface area contributed by atoms with Crippen LogP contribution in [0, 0.1) is 3.57 Å². The van der Waals surface area contributed by atoms with E-state index in [1.54, 1.807) is 0 Å². The molecule has 0 radical (unpaired) electrons. The van der Waals surface area contributed by atoms with Crippen LogP contribution in [-0.4, -0.2) is 24.7 Å². The summed E-state index contributed by atoms with van der Waals surface area (Å²) in [6, 6.07) is 7.05. The summed E-state index contributed by atoms with van der Waals surface area (Å²) in [6.07, 6.45) is 0. The molecule has 1 N–H and O–H groups in total. The van der Waals surface area contributed by atoms with Gasteiger partial charge in [-0.3, -0.25) is 0 Å². The summed E-state index contributed by atoms with van der Waals surface area (Å²) in [5, 5.41) is 3.58. The quantitative estimate of drug-likeness (QED) is 0.713. The number of benzene rings is 1. The zero-order valence-corrected chi connectivity index (χ0v) is 14.2. The number of rotatable bonds is 1. The summed E-state index contributed by atoms with van der Waals surface area (Å²) in [5.74, 6) is 0. The minimum Gasteiger partial charge on any atom is -0.365 e. The largest absolute Gasteiger partial charge is 0.365 e. The first-order valence-corrected chi connectivity index (χ1v) is 7.73. The Kier molecular flexibility index (Phi) is 4.05. The molecule has 1 aliphatic rings. The van der Waals surface area contributed by atoms with Crippen molar-refractivity contribution in [3.8, 4) is 0 Å². The van der Waals surface area contributed by atoms with Crippen LogP contribution in [0.25, 0.3) is 0 Å². The van der Waals surface area contributed by atoms with Crippen molar-refractivity contribution >= 4 is 44.2 Å². The number of nitrogens with zero attached hydrogens (tertiary/aromatic N) is 1. The third kappa shape index (κ3) is 3.15. The van der Waals surface area contributed by atoms with Crippen LogP contribution in [0.2, 0.25) is 0 Å². The Balaban J connectivity index is 2.34. The molecule has 1 fully saturated rings. The topological polar surface area (TPSA) is 15.3 Å². The Labute approximate surface area is 125 Å². The van der Waals surface area contributed by atoms with Crippen molar-refractivity contribution in [3.63, 3.8) is 0 Å². The van der Waals surface area contributed by atoms with E-state index in [1.807, 2.05) is 0 Å². The van der Waals surface area contributed by atoms with Crippen LogP contribution < -0.4 is 10.2 Å². The Bertz CT molecular complexity index is 420. The first-order chi connectivity index (χ1) is 7.89. The third-order valence-electron chi connectivity index (χ3n) is 3.19. The molecule has 1 heterocycles. The predicted molar refractivity (Wildman–Crippen MR) is 85.7 cm³/mol. The molecule has 1 aromatic carbocycles. The number of hydrogen-bond donors (Lipinski definition) is 1. The molecule has 1 aromatic rings. The molecule has 1 atom stereocenters. The molecule has 94 valence electrons. The van der Waals surface area contributed by atoms with Crippen LogP contribution in [0.15, 0.2) is 22.7 Å². The van der Waals surface area contributed by atoms with E-state index >= 15 is 0 Å². The van der Waals surface area contributed by atoms with E-state index in [2.05, 4.69) is 87.7 Å². The molecule has 2 nitrogen and oxygen atoms in total.